The van der Waals surface area contributed by atoms with Gasteiger partial charge in [0.1, 0.15) is 17.3 Å². The Bertz CT molecular complexity index is 2580. The lowest BCUT2D eigenvalue weighted by atomic mass is 9.91. The minimum Gasteiger partial charge on any atom is -0.381 e. The molecule has 3 aromatic heterocycles. The highest BCUT2D eigenvalue weighted by atomic mass is 28.2. The van der Waals surface area contributed by atoms with Gasteiger partial charge in [0.25, 0.3) is 5.91 Å². The average Bonchev–Trinajstić information content (AvgIpc) is 3.94. The number of aryl methyl sites for hydroxylation is 3. The standard InChI is InChI=1S/C46H52F2N8O2Si/c1-7-9-35(8-2)59-27-55-39-12-10-32(31-15-20-58-21-16-31)24-33(39)25-41(55)46(57)54-19-14-37-42(30(54)5)45(56(52-37)34-22-28(3)43(47)29(4)23-34)50-18-17-49-38-11-13-40-36(44(38)48)26-51-53(40)6/h8,10-13,17-18,22-26,30-31,49-50H,7,9,14-16,19-21,27H2,1-6H3/b18-17-,35-8-. The number of nitrogens with zero attached hydrogens (tertiary/aromatic N) is 6. The Morgan fingerprint density at radius 1 is 1.00 bits per heavy atom. The van der Waals surface area contributed by atoms with Crippen molar-refractivity contribution in [3.8, 4) is 5.69 Å². The summed E-state index contributed by atoms with van der Waals surface area (Å²) >= 11 is 0. The highest BCUT2D eigenvalue weighted by molar-refractivity contribution is 6.44. The molecule has 13 heteroatoms. The van der Waals surface area contributed by atoms with Crippen LogP contribution in [0.2, 0.25) is 0 Å². The van der Waals surface area contributed by atoms with E-state index in [9.17, 15) is 4.39 Å². The Kier molecular flexibility index (Phi) is 11.6. The molecular formula is C46H52F2N8O2Si. The molecule has 2 aliphatic rings. The molecule has 0 bridgehead atoms. The monoisotopic (exact) mass is 814 g/mol. The topological polar surface area (TPSA) is 94.2 Å². The summed E-state index contributed by atoms with van der Waals surface area (Å²) in [5.41, 5.74) is 7.52. The fourth-order valence-electron chi connectivity index (χ4n) is 8.73. The fourth-order valence-corrected chi connectivity index (χ4v) is 10.1. The SMILES string of the molecule is C/C=C(/CCC)[Si]Cn1c(C(=O)N2CCc3nn(-c4cc(C)c(F)c(C)c4)c(N/C=C\Nc4ccc5c(cnn5C)c4F)c3C2C)cc2cc(C3CCOCC3)ccc21. The number of benzene rings is 3. The van der Waals surface area contributed by atoms with Crippen LogP contribution in [0.5, 0.6) is 0 Å². The Labute approximate surface area is 346 Å². The van der Waals surface area contributed by atoms with Crippen molar-refractivity contribution in [1.82, 2.24) is 29.0 Å². The average molecular weight is 815 g/mol. The Hall–Kier alpha value is -5.53. The maximum atomic E-state index is 15.4. The van der Waals surface area contributed by atoms with E-state index in [0.29, 0.717) is 73.3 Å². The third-order valence-corrected chi connectivity index (χ3v) is 13.4. The first kappa shape index (κ1) is 40.3. The number of anilines is 2. The van der Waals surface area contributed by atoms with Gasteiger partial charge in [0, 0.05) is 68.3 Å². The molecule has 1 unspecified atom stereocenters. The fraction of sp³-hybridized carbons (Fsp3) is 0.370. The van der Waals surface area contributed by atoms with Crippen molar-refractivity contribution in [3.05, 3.63) is 124 Å². The summed E-state index contributed by atoms with van der Waals surface area (Å²) in [5, 5.41) is 18.7. The first-order chi connectivity index (χ1) is 28.6. The lowest BCUT2D eigenvalue weighted by molar-refractivity contribution is 0.0668. The number of ether oxygens (including phenoxy) is 1. The second-order valence-electron chi connectivity index (χ2n) is 15.8. The van der Waals surface area contributed by atoms with Crippen molar-refractivity contribution in [2.24, 2.45) is 7.05 Å². The van der Waals surface area contributed by atoms with E-state index in [2.05, 4.69) is 64.5 Å². The largest absolute Gasteiger partial charge is 0.381 e. The van der Waals surface area contributed by atoms with Gasteiger partial charge in [0.05, 0.1) is 49.7 Å². The Morgan fingerprint density at radius 3 is 2.49 bits per heavy atom. The molecule has 306 valence electrons. The van der Waals surface area contributed by atoms with Crippen LogP contribution in [0, 0.1) is 25.5 Å². The van der Waals surface area contributed by atoms with Crippen LogP contribution in [0.25, 0.3) is 27.5 Å². The number of hydrogen-bond donors (Lipinski definition) is 2. The molecule has 59 heavy (non-hydrogen) atoms. The molecule has 0 saturated carbocycles. The normalized spacial score (nSPS) is 16.4. The summed E-state index contributed by atoms with van der Waals surface area (Å²) in [6.07, 6.45) is 12.5. The quantitative estimate of drug-likeness (QED) is 0.120. The number of allylic oxidation sites excluding steroid dienone is 2. The van der Waals surface area contributed by atoms with Gasteiger partial charge >= 0.3 is 0 Å². The molecular weight excluding hydrogens is 763 g/mol. The van der Waals surface area contributed by atoms with Crippen molar-refractivity contribution >= 4 is 48.7 Å². The Balaban J connectivity index is 1.14. The molecule has 8 rings (SSSR count). The van der Waals surface area contributed by atoms with Crippen molar-refractivity contribution in [2.45, 2.75) is 84.9 Å². The summed E-state index contributed by atoms with van der Waals surface area (Å²) < 4.78 is 41.6. The van der Waals surface area contributed by atoms with E-state index >= 15 is 9.18 Å². The number of nitrogens with one attached hydrogen (secondary N) is 2. The maximum absolute atomic E-state index is 15.4. The highest BCUT2D eigenvalue weighted by Gasteiger charge is 2.35. The van der Waals surface area contributed by atoms with E-state index in [-0.39, 0.29) is 17.8 Å². The van der Waals surface area contributed by atoms with Crippen LogP contribution in [0.15, 0.2) is 78.4 Å². The van der Waals surface area contributed by atoms with Crippen LogP contribution in [0.3, 0.4) is 0 Å². The number of hydrogen-bond acceptors (Lipinski definition) is 6. The summed E-state index contributed by atoms with van der Waals surface area (Å²) in [6, 6.07) is 15.5. The van der Waals surface area contributed by atoms with E-state index in [0.717, 1.165) is 67.2 Å². The van der Waals surface area contributed by atoms with Crippen LogP contribution in [0.4, 0.5) is 20.3 Å². The number of aromatic nitrogens is 5. The molecule has 1 fully saturated rings. The van der Waals surface area contributed by atoms with Crippen LogP contribution in [-0.4, -0.2) is 64.2 Å². The number of carbonyl (C=O) groups is 1. The number of amides is 1. The van der Waals surface area contributed by atoms with E-state index in [1.165, 1.54) is 17.0 Å². The summed E-state index contributed by atoms with van der Waals surface area (Å²) in [6.45, 7) is 11.9. The lowest BCUT2D eigenvalue weighted by Crippen LogP contribution is -2.39. The van der Waals surface area contributed by atoms with Crippen LogP contribution in [0.1, 0.15) is 96.9 Å². The molecule has 2 N–H and O–H groups in total. The summed E-state index contributed by atoms with van der Waals surface area (Å²) in [5.74, 6) is 0.417. The zero-order valence-corrected chi connectivity index (χ0v) is 35.7. The lowest BCUT2D eigenvalue weighted by Gasteiger charge is -2.34. The second kappa shape index (κ2) is 17.0. The number of carbonyl (C=O) groups excluding carboxylic acids is 1. The van der Waals surface area contributed by atoms with Gasteiger partial charge in [-0.25, -0.2) is 13.5 Å². The van der Waals surface area contributed by atoms with Gasteiger partial charge in [0.15, 0.2) is 5.82 Å². The van der Waals surface area contributed by atoms with Crippen LogP contribution in [-0.2, 0) is 24.4 Å². The molecule has 0 aliphatic carbocycles. The minimum atomic E-state index is -0.396. The van der Waals surface area contributed by atoms with Crippen molar-refractivity contribution in [1.29, 1.82) is 0 Å². The first-order valence-electron chi connectivity index (χ1n) is 20.7. The molecule has 10 nitrogen and oxygen atoms in total. The van der Waals surface area contributed by atoms with E-state index < -0.39 is 5.82 Å². The Morgan fingerprint density at radius 2 is 1.75 bits per heavy atom. The maximum Gasteiger partial charge on any atom is 0.271 e. The summed E-state index contributed by atoms with van der Waals surface area (Å²) in [4.78, 5) is 17.0. The number of fused-ring (bicyclic) bond motifs is 3. The van der Waals surface area contributed by atoms with Gasteiger partial charge in [-0.2, -0.15) is 10.2 Å². The molecule has 3 aromatic carbocycles. The zero-order chi connectivity index (χ0) is 41.4. The van der Waals surface area contributed by atoms with Gasteiger partial charge in [-0.1, -0.05) is 30.7 Å². The highest BCUT2D eigenvalue weighted by Crippen LogP contribution is 2.39. The van der Waals surface area contributed by atoms with E-state index in [1.54, 1.807) is 60.9 Å². The third kappa shape index (κ3) is 7.73. The number of halogens is 2. The van der Waals surface area contributed by atoms with Crippen molar-refractivity contribution in [2.75, 3.05) is 30.4 Å². The van der Waals surface area contributed by atoms with Gasteiger partial charge < -0.3 is 24.8 Å². The molecule has 5 heterocycles. The van der Waals surface area contributed by atoms with Crippen LogP contribution < -0.4 is 10.6 Å². The molecule has 1 atom stereocenters. The van der Waals surface area contributed by atoms with Crippen molar-refractivity contribution in [3.63, 3.8) is 0 Å². The van der Waals surface area contributed by atoms with Gasteiger partial charge in [0.2, 0.25) is 0 Å². The molecule has 1 amide bonds. The van der Waals surface area contributed by atoms with Crippen LogP contribution >= 0.6 is 0 Å². The summed E-state index contributed by atoms with van der Waals surface area (Å²) in [7, 11) is 2.34. The molecule has 2 aliphatic heterocycles. The zero-order valence-electron chi connectivity index (χ0n) is 34.7. The van der Waals surface area contributed by atoms with E-state index in [4.69, 9.17) is 9.84 Å². The van der Waals surface area contributed by atoms with Gasteiger partial charge in [-0.15, -0.1) is 0 Å². The third-order valence-electron chi connectivity index (χ3n) is 12.0. The molecule has 2 radical (unpaired) electrons. The van der Waals surface area contributed by atoms with Crippen molar-refractivity contribution < 1.29 is 18.3 Å². The van der Waals surface area contributed by atoms with Gasteiger partial charge in [-0.05, 0) is 112 Å². The molecule has 6 aromatic rings. The molecule has 0 spiro atoms. The van der Waals surface area contributed by atoms with E-state index in [1.807, 2.05) is 17.9 Å². The second-order valence-corrected chi connectivity index (χ2v) is 17.1. The first-order valence-corrected chi connectivity index (χ1v) is 21.9. The van der Waals surface area contributed by atoms with Gasteiger partial charge in [-0.3, -0.25) is 9.48 Å². The number of rotatable bonds is 12. The smallest absolute Gasteiger partial charge is 0.271 e. The predicted molar refractivity (Wildman–Crippen MR) is 232 cm³/mol. The predicted octanol–water partition coefficient (Wildman–Crippen LogP) is 9.62. The minimum absolute atomic E-state index is 0.0278. The molecule has 1 saturated heterocycles.